The molecule has 0 radical (unpaired) electrons. The van der Waals surface area contributed by atoms with Crippen molar-refractivity contribution in [3.63, 3.8) is 0 Å². The fraction of sp³-hybridized carbons (Fsp3) is 0.524. The topological polar surface area (TPSA) is 48.7 Å². The van der Waals surface area contributed by atoms with Gasteiger partial charge in [0.2, 0.25) is 6.49 Å². The van der Waals surface area contributed by atoms with E-state index in [9.17, 15) is 0 Å². The van der Waals surface area contributed by atoms with Crippen molar-refractivity contribution >= 4 is 30.0 Å². The number of aryl methyl sites for hydroxylation is 1. The number of amidine groups is 1. The molecule has 2 fully saturated rings. The number of benzene rings is 1. The Hall–Kier alpha value is -1.69. The molecular weight excluding hydrogens is 399 g/mol. The van der Waals surface area contributed by atoms with Crippen molar-refractivity contribution in [1.82, 2.24) is 19.4 Å². The molecule has 3 aliphatic rings. The Morgan fingerprint density at radius 2 is 1.59 bits per heavy atom. The molecule has 0 saturated carbocycles. The predicted molar refractivity (Wildman–Crippen MR) is 124 cm³/mol. The summed E-state index contributed by atoms with van der Waals surface area (Å²) in [6.45, 7) is 4.01. The fourth-order valence-corrected chi connectivity index (χ4v) is 7.69. The van der Waals surface area contributed by atoms with Crippen LogP contribution in [0.1, 0.15) is 49.8 Å². The van der Waals surface area contributed by atoms with Gasteiger partial charge >= 0.3 is 0 Å². The molecule has 3 aliphatic heterocycles. The molecule has 6 nitrogen and oxygen atoms in total. The summed E-state index contributed by atoms with van der Waals surface area (Å²) >= 11 is 6.29. The highest BCUT2D eigenvalue weighted by atomic mass is 32.4. The molecule has 4 heterocycles. The number of anilines is 1. The summed E-state index contributed by atoms with van der Waals surface area (Å²) in [6.07, 6.45) is 7.45. The first-order valence-electron chi connectivity index (χ1n) is 10.8. The van der Waals surface area contributed by atoms with Crippen molar-refractivity contribution < 1.29 is 0 Å². The molecule has 154 valence electrons. The second-order valence-electron chi connectivity index (χ2n) is 8.20. The average Bonchev–Trinajstić information content (AvgIpc) is 3.11. The molecular formula is C21H29N6PS. The smallest absolute Gasteiger partial charge is 0.213 e. The van der Waals surface area contributed by atoms with Gasteiger partial charge in [-0.25, -0.2) is 14.1 Å². The van der Waals surface area contributed by atoms with Crippen LogP contribution in [0, 0.1) is 6.92 Å². The van der Waals surface area contributed by atoms with Crippen molar-refractivity contribution in [3.8, 4) is 5.69 Å². The molecule has 0 amide bonds. The Balaban J connectivity index is 1.64. The Morgan fingerprint density at radius 1 is 0.931 bits per heavy atom. The van der Waals surface area contributed by atoms with E-state index in [-0.39, 0.29) is 0 Å². The van der Waals surface area contributed by atoms with Gasteiger partial charge in [-0.15, -0.1) is 0 Å². The van der Waals surface area contributed by atoms with Gasteiger partial charge in [0.1, 0.15) is 11.7 Å². The Kier molecular flexibility index (Phi) is 5.23. The van der Waals surface area contributed by atoms with E-state index in [4.69, 9.17) is 21.7 Å². The van der Waals surface area contributed by atoms with Crippen molar-refractivity contribution in [1.29, 1.82) is 0 Å². The fourth-order valence-electron chi connectivity index (χ4n) is 4.60. The minimum Gasteiger partial charge on any atom is -0.356 e. The van der Waals surface area contributed by atoms with Crippen molar-refractivity contribution in [2.75, 3.05) is 31.3 Å². The molecule has 8 heteroatoms. The molecule has 2 saturated heterocycles. The number of nitrogens with zero attached hydrogens (tertiary/aromatic N) is 5. The zero-order valence-corrected chi connectivity index (χ0v) is 18.8. The van der Waals surface area contributed by atoms with Crippen LogP contribution in [-0.4, -0.2) is 51.4 Å². The monoisotopic (exact) mass is 428 g/mol. The summed E-state index contributed by atoms with van der Waals surface area (Å²) in [6, 6.07) is 10.4. The van der Waals surface area contributed by atoms with Crippen LogP contribution in [-0.2, 0) is 11.8 Å². The molecule has 29 heavy (non-hydrogen) atoms. The first kappa shape index (κ1) is 19.3. The highest BCUT2D eigenvalue weighted by molar-refractivity contribution is 8.13. The summed E-state index contributed by atoms with van der Waals surface area (Å²) in [5, 5.41) is 8.66. The maximum atomic E-state index is 6.29. The van der Waals surface area contributed by atoms with Gasteiger partial charge in [-0.05, 0) is 63.0 Å². The predicted octanol–water partition coefficient (Wildman–Crippen LogP) is 4.55. The number of nitrogens with one attached hydrogen (secondary N) is 1. The number of likely N-dealkylation sites (tertiary alicyclic amines) is 1. The highest BCUT2D eigenvalue weighted by Gasteiger charge is 2.38. The largest absolute Gasteiger partial charge is 0.356 e. The third-order valence-corrected chi connectivity index (χ3v) is 9.48. The lowest BCUT2D eigenvalue weighted by Gasteiger charge is -2.40. The lowest BCUT2D eigenvalue weighted by molar-refractivity contribution is 0.342. The standard InChI is InChI=1S/C21H29N6PS/c1-17-19-20(25-13-7-3-8-14-25)23-28(29,26-15-9-4-10-16-26)24-21(19)27(22-17)18-11-5-2-6-12-18/h2,5-6,11-12H,3-4,7-10,13-16H2,1H3,(H,23,24,29)/t28-/m1/s1. The van der Waals surface area contributed by atoms with E-state index in [0.29, 0.717) is 0 Å². The van der Waals surface area contributed by atoms with Crippen LogP contribution in [0.25, 0.3) is 5.69 Å². The maximum Gasteiger partial charge on any atom is 0.213 e. The normalized spacial score (nSPS) is 25.3. The number of piperidine rings is 2. The van der Waals surface area contributed by atoms with Gasteiger partial charge in [0.15, 0.2) is 0 Å². The number of aromatic nitrogens is 2. The molecule has 0 spiro atoms. The van der Waals surface area contributed by atoms with Crippen LogP contribution in [0.15, 0.2) is 35.1 Å². The van der Waals surface area contributed by atoms with Gasteiger partial charge in [-0.3, -0.25) is 0 Å². The highest BCUT2D eigenvalue weighted by Crippen LogP contribution is 2.56. The van der Waals surface area contributed by atoms with E-state index in [1.165, 1.54) is 38.5 Å². The number of hydrogen-bond acceptors (Lipinski definition) is 3. The summed E-state index contributed by atoms with van der Waals surface area (Å²) < 4.78 is 9.78. The van der Waals surface area contributed by atoms with Crippen LogP contribution in [0.2, 0.25) is 0 Å². The van der Waals surface area contributed by atoms with E-state index in [2.05, 4.69) is 45.8 Å². The first-order valence-corrected chi connectivity index (χ1v) is 13.5. The second kappa shape index (κ2) is 7.86. The van der Waals surface area contributed by atoms with Crippen molar-refractivity contribution in [2.45, 2.75) is 45.4 Å². The van der Waals surface area contributed by atoms with Crippen molar-refractivity contribution in [3.05, 3.63) is 41.6 Å². The maximum absolute atomic E-state index is 6.29. The van der Waals surface area contributed by atoms with E-state index in [0.717, 1.165) is 54.8 Å². The average molecular weight is 429 g/mol. The molecule has 2 aromatic rings. The summed E-state index contributed by atoms with van der Waals surface area (Å²) in [4.78, 5) is 2.46. The molecule has 1 atom stereocenters. The number of para-hydroxylation sites is 1. The lowest BCUT2D eigenvalue weighted by atomic mass is 10.1. The third kappa shape index (κ3) is 3.54. The van der Waals surface area contributed by atoms with Gasteiger partial charge in [-0.2, -0.15) is 5.10 Å². The van der Waals surface area contributed by atoms with E-state index in [1.54, 1.807) is 0 Å². The van der Waals surface area contributed by atoms with Gasteiger partial charge in [0.05, 0.1) is 16.9 Å². The molecule has 5 rings (SSSR count). The van der Waals surface area contributed by atoms with Crippen LogP contribution in [0.3, 0.4) is 0 Å². The summed E-state index contributed by atoms with van der Waals surface area (Å²) in [5.41, 5.74) is 3.21. The van der Waals surface area contributed by atoms with Crippen LogP contribution < -0.4 is 5.09 Å². The molecule has 1 N–H and O–H groups in total. The molecule has 0 unspecified atom stereocenters. The zero-order valence-electron chi connectivity index (χ0n) is 17.0. The van der Waals surface area contributed by atoms with E-state index < -0.39 is 6.49 Å². The molecule has 1 aromatic heterocycles. The Bertz CT molecular complexity index is 957. The van der Waals surface area contributed by atoms with Gasteiger partial charge in [0.25, 0.3) is 0 Å². The number of fused-ring (bicyclic) bond motifs is 1. The van der Waals surface area contributed by atoms with Gasteiger partial charge < -0.3 is 9.99 Å². The molecule has 0 aliphatic carbocycles. The zero-order chi connectivity index (χ0) is 19.8. The lowest BCUT2D eigenvalue weighted by Crippen LogP contribution is -2.39. The van der Waals surface area contributed by atoms with Crippen LogP contribution in [0.5, 0.6) is 0 Å². The second-order valence-corrected chi connectivity index (χ2v) is 11.8. The van der Waals surface area contributed by atoms with Gasteiger partial charge in [0, 0.05) is 26.2 Å². The quantitative estimate of drug-likeness (QED) is 0.711. The number of hydrogen-bond donors (Lipinski definition) is 1. The molecule has 0 bridgehead atoms. The summed E-state index contributed by atoms with van der Waals surface area (Å²) in [5.74, 6) is 2.10. The Labute approximate surface area is 178 Å². The van der Waals surface area contributed by atoms with E-state index in [1.807, 2.05) is 10.7 Å². The minimum atomic E-state index is -2.28. The van der Waals surface area contributed by atoms with Crippen LogP contribution in [0.4, 0.5) is 5.82 Å². The molecule has 1 aromatic carbocycles. The summed E-state index contributed by atoms with van der Waals surface area (Å²) in [7, 11) is 0. The van der Waals surface area contributed by atoms with Gasteiger partial charge in [-0.1, -0.05) is 24.6 Å². The SMILES string of the molecule is Cc1nn(-c2ccccc2)c2c1C(N1CCCCC1)=N[P@](=S)(N1CCCCC1)N2. The van der Waals surface area contributed by atoms with Crippen molar-refractivity contribution in [2.24, 2.45) is 4.76 Å². The first-order chi connectivity index (χ1) is 14.2. The van der Waals surface area contributed by atoms with Crippen LogP contribution >= 0.6 is 6.49 Å². The van der Waals surface area contributed by atoms with E-state index >= 15 is 0 Å². The minimum absolute atomic E-state index is 1.01. The third-order valence-electron chi connectivity index (χ3n) is 6.14. The number of rotatable bonds is 2. The Morgan fingerprint density at radius 3 is 2.28 bits per heavy atom.